The third-order valence-electron chi connectivity index (χ3n) is 2.52. The number of hydrogen-bond donors (Lipinski definition) is 0. The zero-order valence-corrected chi connectivity index (χ0v) is 9.94. The Kier molecular flexibility index (Phi) is 6.56. The van der Waals surface area contributed by atoms with E-state index < -0.39 is 0 Å². The van der Waals surface area contributed by atoms with E-state index in [1.165, 1.54) is 5.56 Å². The number of ketones is 1. The summed E-state index contributed by atoms with van der Waals surface area (Å²) in [4.78, 5) is 11.1. The average Bonchev–Trinajstić information content (AvgIpc) is 2.33. The van der Waals surface area contributed by atoms with Gasteiger partial charge in [-0.15, -0.1) is 0 Å². The van der Waals surface area contributed by atoms with Gasteiger partial charge in [-0.3, -0.25) is 4.79 Å². The predicted molar refractivity (Wildman–Crippen MR) is 81.2 cm³/mol. The maximum Gasteiger partial charge on any atom is 0.159 e. The second kappa shape index (κ2) is 7.37. The molecule has 19 heavy (non-hydrogen) atoms. The van der Waals surface area contributed by atoms with Crippen LogP contribution in [-0.2, 0) is 0 Å². The van der Waals surface area contributed by atoms with Crippen molar-refractivity contribution >= 4 is 5.78 Å². The molecule has 2 nitrogen and oxygen atoms in total. The Morgan fingerprint density at radius 1 is 0.842 bits per heavy atom. The lowest BCUT2D eigenvalue weighted by molar-refractivity contribution is 0.101. The van der Waals surface area contributed by atoms with Crippen LogP contribution in [-0.4, -0.2) is 5.78 Å². The van der Waals surface area contributed by atoms with Crippen molar-refractivity contribution < 1.29 is 9.53 Å². The molecule has 0 N–H and O–H groups in total. The molecule has 0 unspecified atom stereocenters. The van der Waals surface area contributed by atoms with Crippen LogP contribution in [0.5, 0.6) is 11.5 Å². The van der Waals surface area contributed by atoms with E-state index in [4.69, 9.17) is 4.74 Å². The summed E-state index contributed by atoms with van der Waals surface area (Å²) in [6.45, 7) is 3.58. The minimum Gasteiger partial charge on any atom is -0.457 e. The Hall–Kier alpha value is -2.09. The third kappa shape index (κ3) is 4.59. The van der Waals surface area contributed by atoms with Gasteiger partial charge in [0.05, 0.1) is 0 Å². The van der Waals surface area contributed by atoms with Gasteiger partial charge in [-0.2, -0.15) is 0 Å². The smallest absolute Gasteiger partial charge is 0.159 e. The summed E-state index contributed by atoms with van der Waals surface area (Å²) in [5.41, 5.74) is 1.89. The first-order valence-corrected chi connectivity index (χ1v) is 5.51. The van der Waals surface area contributed by atoms with Gasteiger partial charge >= 0.3 is 0 Å². The molecule has 0 bridgehead atoms. The average molecular weight is 258 g/mol. The molecule has 0 aromatic heterocycles. The fourth-order valence-corrected chi connectivity index (χ4v) is 1.50. The Bertz CT molecular complexity index is 510. The standard InChI is InChI=1S/C15H14O2.2CH4/c1-11-3-7-14(8-4-11)17-15-9-5-13(6-10-15)12(2)16;;/h3-10H,1-2H3;2*1H4. The highest BCUT2D eigenvalue weighted by atomic mass is 16.5. The molecule has 102 valence electrons. The van der Waals surface area contributed by atoms with Crippen LogP contribution in [0.3, 0.4) is 0 Å². The van der Waals surface area contributed by atoms with Gasteiger partial charge in [-0.05, 0) is 50.2 Å². The summed E-state index contributed by atoms with van der Waals surface area (Å²) in [5.74, 6) is 1.59. The second-order valence-electron chi connectivity index (χ2n) is 4.00. The molecule has 0 aliphatic heterocycles. The van der Waals surface area contributed by atoms with Crippen LogP contribution in [0.25, 0.3) is 0 Å². The number of ether oxygens (including phenoxy) is 1. The number of carbonyl (C=O) groups excluding carboxylic acids is 1. The van der Waals surface area contributed by atoms with Crippen molar-refractivity contribution in [3.63, 3.8) is 0 Å². The minimum atomic E-state index is 0. The summed E-state index contributed by atoms with van der Waals surface area (Å²) in [6, 6.07) is 15.0. The molecule has 2 rings (SSSR count). The Morgan fingerprint density at radius 3 is 1.68 bits per heavy atom. The van der Waals surface area contributed by atoms with E-state index in [1.807, 2.05) is 31.2 Å². The number of carbonyl (C=O) groups is 1. The SMILES string of the molecule is C.C.CC(=O)c1ccc(Oc2ccc(C)cc2)cc1. The second-order valence-corrected chi connectivity index (χ2v) is 4.00. The lowest BCUT2D eigenvalue weighted by Gasteiger charge is -2.06. The van der Waals surface area contributed by atoms with E-state index in [1.54, 1.807) is 31.2 Å². The highest BCUT2D eigenvalue weighted by Gasteiger charge is 2.00. The summed E-state index contributed by atoms with van der Waals surface area (Å²) >= 11 is 0. The molecule has 0 atom stereocenters. The Morgan fingerprint density at radius 2 is 1.26 bits per heavy atom. The Balaban J connectivity index is 0.00000162. The van der Waals surface area contributed by atoms with Crippen LogP contribution < -0.4 is 4.74 Å². The summed E-state index contributed by atoms with van der Waals surface area (Å²) in [7, 11) is 0. The van der Waals surface area contributed by atoms with Crippen molar-refractivity contribution in [1.82, 2.24) is 0 Å². The lowest BCUT2D eigenvalue weighted by atomic mass is 10.1. The van der Waals surface area contributed by atoms with Gasteiger partial charge < -0.3 is 4.74 Å². The fourth-order valence-electron chi connectivity index (χ4n) is 1.50. The first kappa shape index (κ1) is 16.9. The maximum absolute atomic E-state index is 11.1. The van der Waals surface area contributed by atoms with E-state index >= 15 is 0 Å². The molecule has 2 aromatic rings. The van der Waals surface area contributed by atoms with Gasteiger partial charge in [-0.1, -0.05) is 32.5 Å². The summed E-state index contributed by atoms with van der Waals surface area (Å²) in [6.07, 6.45) is 0. The van der Waals surface area contributed by atoms with Gasteiger partial charge in [0.25, 0.3) is 0 Å². The van der Waals surface area contributed by atoms with E-state index in [2.05, 4.69) is 0 Å². The number of Topliss-reactive ketones (excluding diaryl/α,β-unsaturated/α-hetero) is 1. The zero-order valence-electron chi connectivity index (χ0n) is 9.94. The van der Waals surface area contributed by atoms with Crippen molar-refractivity contribution in [2.24, 2.45) is 0 Å². The number of aryl methyl sites for hydroxylation is 1. The first-order chi connectivity index (χ1) is 8.15. The third-order valence-corrected chi connectivity index (χ3v) is 2.52. The van der Waals surface area contributed by atoms with Gasteiger partial charge in [0, 0.05) is 5.56 Å². The first-order valence-electron chi connectivity index (χ1n) is 5.51. The van der Waals surface area contributed by atoms with E-state index in [0.29, 0.717) is 5.56 Å². The molecule has 0 aliphatic rings. The summed E-state index contributed by atoms with van der Waals surface area (Å²) < 4.78 is 5.66. The number of benzene rings is 2. The molecule has 0 fully saturated rings. The van der Waals surface area contributed by atoms with Crippen LogP contribution >= 0.6 is 0 Å². The summed E-state index contributed by atoms with van der Waals surface area (Å²) in [5, 5.41) is 0. The van der Waals surface area contributed by atoms with Crippen LogP contribution in [0.4, 0.5) is 0 Å². The van der Waals surface area contributed by atoms with Gasteiger partial charge in [-0.25, -0.2) is 0 Å². The van der Waals surface area contributed by atoms with E-state index in [9.17, 15) is 4.79 Å². The maximum atomic E-state index is 11.1. The quantitative estimate of drug-likeness (QED) is 0.702. The van der Waals surface area contributed by atoms with Crippen LogP contribution in [0.15, 0.2) is 48.5 Å². The van der Waals surface area contributed by atoms with Crippen LogP contribution in [0.2, 0.25) is 0 Å². The topological polar surface area (TPSA) is 26.3 Å². The van der Waals surface area contributed by atoms with Crippen LogP contribution in [0, 0.1) is 6.92 Å². The molecule has 0 amide bonds. The number of hydrogen-bond acceptors (Lipinski definition) is 2. The highest BCUT2D eigenvalue weighted by molar-refractivity contribution is 5.94. The molecule has 2 aromatic carbocycles. The van der Waals surface area contributed by atoms with Crippen molar-refractivity contribution in [1.29, 1.82) is 0 Å². The lowest BCUT2D eigenvalue weighted by Crippen LogP contribution is -1.91. The Labute approximate surface area is 116 Å². The molecule has 0 saturated heterocycles. The molecule has 0 saturated carbocycles. The number of rotatable bonds is 3. The van der Waals surface area contributed by atoms with Crippen molar-refractivity contribution in [3.8, 4) is 11.5 Å². The molecular formula is C17H22O2. The predicted octanol–water partition coefficient (Wildman–Crippen LogP) is 5.26. The molecular weight excluding hydrogens is 236 g/mol. The van der Waals surface area contributed by atoms with Crippen LogP contribution in [0.1, 0.15) is 37.7 Å². The fraction of sp³-hybridized carbons (Fsp3) is 0.235. The molecule has 0 aliphatic carbocycles. The van der Waals surface area contributed by atoms with Gasteiger partial charge in [0.2, 0.25) is 0 Å². The molecule has 0 spiro atoms. The highest BCUT2D eigenvalue weighted by Crippen LogP contribution is 2.21. The normalized spacial score (nSPS) is 8.95. The zero-order chi connectivity index (χ0) is 12.3. The van der Waals surface area contributed by atoms with Gasteiger partial charge in [0.1, 0.15) is 11.5 Å². The monoisotopic (exact) mass is 258 g/mol. The van der Waals surface area contributed by atoms with Gasteiger partial charge in [0.15, 0.2) is 5.78 Å². The van der Waals surface area contributed by atoms with E-state index in [-0.39, 0.29) is 20.6 Å². The van der Waals surface area contributed by atoms with E-state index in [0.717, 1.165) is 11.5 Å². The molecule has 0 heterocycles. The minimum absolute atomic E-state index is 0. The largest absolute Gasteiger partial charge is 0.457 e. The molecule has 0 radical (unpaired) electrons. The van der Waals surface area contributed by atoms with Crippen molar-refractivity contribution in [2.75, 3.05) is 0 Å². The van der Waals surface area contributed by atoms with Crippen molar-refractivity contribution in [2.45, 2.75) is 28.7 Å². The van der Waals surface area contributed by atoms with Crippen molar-refractivity contribution in [3.05, 3.63) is 59.7 Å². The molecule has 2 heteroatoms.